The van der Waals surface area contributed by atoms with Gasteiger partial charge in [0.05, 0.1) is 18.2 Å². The molecule has 5 rings (SSSR count). The van der Waals surface area contributed by atoms with Gasteiger partial charge in [-0.05, 0) is 40.8 Å². The maximum absolute atomic E-state index is 6.69. The fourth-order valence-corrected chi connectivity index (χ4v) is 5.51. The van der Waals surface area contributed by atoms with Crippen molar-refractivity contribution in [3.8, 4) is 11.4 Å². The summed E-state index contributed by atoms with van der Waals surface area (Å²) in [5.41, 5.74) is 9.05. The largest absolute Gasteiger partial charge is 0.372 e. The molecule has 0 saturated carbocycles. The molecule has 164 valence electrons. The van der Waals surface area contributed by atoms with Crippen molar-refractivity contribution in [3.63, 3.8) is 0 Å². The second-order valence-electron chi connectivity index (χ2n) is 7.34. The number of hydrogen-bond acceptors (Lipinski definition) is 9. The number of benzene rings is 2. The van der Waals surface area contributed by atoms with Gasteiger partial charge in [-0.3, -0.25) is 0 Å². The molecule has 0 atom stereocenters. The van der Waals surface area contributed by atoms with Gasteiger partial charge < -0.3 is 15.8 Å². The van der Waals surface area contributed by atoms with Gasteiger partial charge in [0.25, 0.3) is 0 Å². The third-order valence-corrected chi connectivity index (χ3v) is 7.13. The molecule has 0 bridgehead atoms. The van der Waals surface area contributed by atoms with Gasteiger partial charge in [0, 0.05) is 29.4 Å². The zero-order chi connectivity index (χ0) is 21.9. The Morgan fingerprint density at radius 3 is 2.94 bits per heavy atom. The van der Waals surface area contributed by atoms with Crippen LogP contribution in [-0.4, -0.2) is 32.2 Å². The molecule has 0 unspecified atom stereocenters. The van der Waals surface area contributed by atoms with Crippen molar-refractivity contribution < 1.29 is 4.74 Å². The standard InChI is InChI=1S/C22H21ClN6OS2/c23-16-10-14-12-30-11-13-4-3-5-15(17(13)14)18(16)19-27-20(24)29-22(28-19)31-8-2-1-6-25-21-26-7-9-32-21/h3-5,7,9-10H,1-2,6,8,11-12H2,(H,25,26)(H2,24,27,28,29). The lowest BCUT2D eigenvalue weighted by molar-refractivity contribution is 0.103. The van der Waals surface area contributed by atoms with Gasteiger partial charge in [0.15, 0.2) is 16.1 Å². The predicted octanol–water partition coefficient (Wildman–Crippen LogP) is 5.40. The topological polar surface area (TPSA) is 98.8 Å². The zero-order valence-corrected chi connectivity index (χ0v) is 19.6. The number of nitrogens with two attached hydrogens (primary N) is 1. The van der Waals surface area contributed by atoms with E-state index in [1.165, 1.54) is 5.39 Å². The number of unbranched alkanes of at least 4 members (excludes halogenated alkanes) is 1. The van der Waals surface area contributed by atoms with E-state index in [0.29, 0.717) is 29.2 Å². The first-order valence-electron chi connectivity index (χ1n) is 10.3. The van der Waals surface area contributed by atoms with E-state index >= 15 is 0 Å². The third-order valence-electron chi connectivity index (χ3n) is 5.16. The average molecular weight is 485 g/mol. The van der Waals surface area contributed by atoms with Crippen molar-refractivity contribution in [3.05, 3.63) is 52.0 Å². The number of thiazole rings is 1. The van der Waals surface area contributed by atoms with Crippen molar-refractivity contribution in [2.45, 2.75) is 31.2 Å². The molecular formula is C22H21ClN6OS2. The minimum absolute atomic E-state index is 0.197. The molecule has 0 radical (unpaired) electrons. The Hall–Kier alpha value is -2.46. The Kier molecular flexibility index (Phi) is 6.40. The van der Waals surface area contributed by atoms with Gasteiger partial charge in [0.1, 0.15) is 0 Å². The molecule has 4 aromatic rings. The van der Waals surface area contributed by atoms with E-state index < -0.39 is 0 Å². The van der Waals surface area contributed by atoms with Crippen LogP contribution in [0, 0.1) is 0 Å². The summed E-state index contributed by atoms with van der Waals surface area (Å²) < 4.78 is 5.69. The van der Waals surface area contributed by atoms with Crippen LogP contribution in [0.3, 0.4) is 0 Å². The highest BCUT2D eigenvalue weighted by atomic mass is 35.5. The number of nitrogens with one attached hydrogen (secondary N) is 1. The van der Waals surface area contributed by atoms with E-state index in [2.05, 4.69) is 32.4 Å². The normalized spacial score (nSPS) is 12.9. The summed E-state index contributed by atoms with van der Waals surface area (Å²) >= 11 is 9.88. The van der Waals surface area contributed by atoms with Gasteiger partial charge in [-0.2, -0.15) is 9.97 Å². The molecule has 0 fully saturated rings. The van der Waals surface area contributed by atoms with E-state index in [1.807, 2.05) is 17.5 Å². The molecule has 0 spiro atoms. The second kappa shape index (κ2) is 9.58. The smallest absolute Gasteiger partial charge is 0.224 e. The van der Waals surface area contributed by atoms with E-state index in [0.717, 1.165) is 52.3 Å². The molecule has 0 saturated heterocycles. The molecule has 3 heterocycles. The van der Waals surface area contributed by atoms with Crippen LogP contribution in [0.25, 0.3) is 22.2 Å². The molecule has 2 aromatic carbocycles. The van der Waals surface area contributed by atoms with Gasteiger partial charge in [0.2, 0.25) is 5.95 Å². The Morgan fingerprint density at radius 2 is 2.06 bits per heavy atom. The van der Waals surface area contributed by atoms with E-state index in [4.69, 9.17) is 27.1 Å². The van der Waals surface area contributed by atoms with Gasteiger partial charge in [-0.1, -0.05) is 41.6 Å². The quantitative estimate of drug-likeness (QED) is 0.253. The number of aromatic nitrogens is 4. The first kappa shape index (κ1) is 21.4. The highest BCUT2D eigenvalue weighted by molar-refractivity contribution is 7.99. The Labute approximate surface area is 198 Å². The van der Waals surface area contributed by atoms with Crippen LogP contribution in [0.1, 0.15) is 24.0 Å². The van der Waals surface area contributed by atoms with Gasteiger partial charge >= 0.3 is 0 Å². The summed E-state index contributed by atoms with van der Waals surface area (Å²) in [7, 11) is 0. The Bertz CT molecular complexity index is 1250. The van der Waals surface area contributed by atoms with E-state index in [1.54, 1.807) is 29.3 Å². The van der Waals surface area contributed by atoms with Crippen LogP contribution >= 0.6 is 34.7 Å². The van der Waals surface area contributed by atoms with Gasteiger partial charge in [-0.25, -0.2) is 9.97 Å². The number of hydrogen-bond donors (Lipinski definition) is 2. The minimum atomic E-state index is 0.197. The monoisotopic (exact) mass is 484 g/mol. The number of halogens is 1. The summed E-state index contributed by atoms with van der Waals surface area (Å²) in [6.07, 6.45) is 3.85. The lowest BCUT2D eigenvalue weighted by Gasteiger charge is -2.20. The minimum Gasteiger partial charge on any atom is -0.372 e. The van der Waals surface area contributed by atoms with Crippen molar-refractivity contribution >= 4 is 56.6 Å². The van der Waals surface area contributed by atoms with E-state index in [9.17, 15) is 0 Å². The molecule has 0 amide bonds. The molecule has 1 aliphatic heterocycles. The van der Waals surface area contributed by atoms with E-state index in [-0.39, 0.29) is 5.95 Å². The average Bonchev–Trinajstić information content (AvgIpc) is 3.30. The molecule has 1 aliphatic rings. The van der Waals surface area contributed by atoms with Crippen LogP contribution < -0.4 is 11.1 Å². The molecule has 2 aromatic heterocycles. The number of thioether (sulfide) groups is 1. The maximum atomic E-state index is 6.69. The molecule has 0 aliphatic carbocycles. The number of anilines is 2. The number of nitrogens with zero attached hydrogens (tertiary/aromatic N) is 4. The van der Waals surface area contributed by atoms with Crippen LogP contribution in [-0.2, 0) is 18.0 Å². The second-order valence-corrected chi connectivity index (χ2v) is 9.71. The van der Waals surface area contributed by atoms with Crippen molar-refractivity contribution in [1.29, 1.82) is 0 Å². The van der Waals surface area contributed by atoms with Crippen molar-refractivity contribution in [2.75, 3.05) is 23.3 Å². The SMILES string of the molecule is Nc1nc(SCCCCNc2nccs2)nc(-c2c(Cl)cc3c4c(cccc24)COC3)n1. The Morgan fingerprint density at radius 1 is 1.16 bits per heavy atom. The first-order chi connectivity index (χ1) is 15.7. The van der Waals surface area contributed by atoms with Crippen LogP contribution in [0.2, 0.25) is 5.02 Å². The fraction of sp³-hybridized carbons (Fsp3) is 0.273. The maximum Gasteiger partial charge on any atom is 0.224 e. The fourth-order valence-electron chi connectivity index (χ4n) is 3.79. The molecule has 7 nitrogen and oxygen atoms in total. The summed E-state index contributed by atoms with van der Waals surface area (Å²) in [5, 5.41) is 9.62. The molecule has 32 heavy (non-hydrogen) atoms. The number of ether oxygens (including phenoxy) is 1. The highest BCUT2D eigenvalue weighted by Crippen LogP contribution is 2.39. The summed E-state index contributed by atoms with van der Waals surface area (Å²) in [5.74, 6) is 1.59. The van der Waals surface area contributed by atoms with Crippen molar-refractivity contribution in [2.24, 2.45) is 0 Å². The van der Waals surface area contributed by atoms with Crippen molar-refractivity contribution in [1.82, 2.24) is 19.9 Å². The lowest BCUT2D eigenvalue weighted by Crippen LogP contribution is -2.07. The van der Waals surface area contributed by atoms with Crippen LogP contribution in [0.15, 0.2) is 41.0 Å². The molecular weight excluding hydrogens is 464 g/mol. The third kappa shape index (κ3) is 4.52. The highest BCUT2D eigenvalue weighted by Gasteiger charge is 2.20. The number of nitrogen functional groups attached to an aromatic ring is 1. The molecule has 3 N–H and O–H groups in total. The molecule has 10 heteroatoms. The predicted molar refractivity (Wildman–Crippen MR) is 131 cm³/mol. The van der Waals surface area contributed by atoms with Crippen LogP contribution in [0.5, 0.6) is 0 Å². The summed E-state index contributed by atoms with van der Waals surface area (Å²) in [6.45, 7) is 2.02. The number of rotatable bonds is 8. The zero-order valence-electron chi connectivity index (χ0n) is 17.2. The Balaban J connectivity index is 1.34. The van der Waals surface area contributed by atoms with Crippen LogP contribution in [0.4, 0.5) is 11.1 Å². The summed E-state index contributed by atoms with van der Waals surface area (Å²) in [4.78, 5) is 17.7. The summed E-state index contributed by atoms with van der Waals surface area (Å²) in [6, 6.07) is 8.09. The lowest BCUT2D eigenvalue weighted by atomic mass is 9.94. The van der Waals surface area contributed by atoms with Gasteiger partial charge in [-0.15, -0.1) is 11.3 Å². The first-order valence-corrected chi connectivity index (χ1v) is 12.5.